The first kappa shape index (κ1) is 10.2. The highest BCUT2D eigenvalue weighted by molar-refractivity contribution is 7.12. The van der Waals surface area contributed by atoms with Gasteiger partial charge in [0.05, 0.1) is 5.51 Å². The van der Waals surface area contributed by atoms with E-state index in [1.807, 2.05) is 14.1 Å². The fraction of sp³-hybridized carbons (Fsp3) is 0.250. The molecule has 13 heavy (non-hydrogen) atoms. The summed E-state index contributed by atoms with van der Waals surface area (Å²) in [6.45, 7) is 0. The second-order valence-electron chi connectivity index (χ2n) is 2.62. The third-order valence-electron chi connectivity index (χ3n) is 1.27. The Balaban J connectivity index is 2.75. The maximum absolute atomic E-state index is 11.4. The van der Waals surface area contributed by atoms with Crippen LogP contribution in [-0.4, -0.2) is 29.8 Å². The van der Waals surface area contributed by atoms with Gasteiger partial charge in [-0.25, -0.2) is 4.98 Å². The highest BCUT2D eigenvalue weighted by Crippen LogP contribution is 2.19. The van der Waals surface area contributed by atoms with E-state index >= 15 is 0 Å². The molecule has 0 amide bonds. The zero-order chi connectivity index (χ0) is 9.84. The lowest BCUT2D eigenvalue weighted by Gasteiger charge is -2.01. The molecule has 0 atom stereocenters. The molecular formula is C8H9ClN2OS. The van der Waals surface area contributed by atoms with Gasteiger partial charge in [-0.3, -0.25) is 4.79 Å². The number of allylic oxidation sites excluding steroid dienone is 1. The topological polar surface area (TPSA) is 33.2 Å². The van der Waals surface area contributed by atoms with E-state index in [1.54, 1.807) is 16.6 Å². The predicted octanol–water partition coefficient (Wildman–Crippen LogP) is 2.05. The maximum atomic E-state index is 11.4. The predicted molar refractivity (Wildman–Crippen MR) is 54.3 cm³/mol. The van der Waals surface area contributed by atoms with Crippen LogP contribution in [0.15, 0.2) is 17.8 Å². The number of aromatic nitrogens is 1. The van der Waals surface area contributed by atoms with Crippen LogP contribution in [0.2, 0.25) is 5.15 Å². The molecule has 0 saturated carbocycles. The van der Waals surface area contributed by atoms with Gasteiger partial charge in [-0.05, 0) is 0 Å². The van der Waals surface area contributed by atoms with Crippen LogP contribution in [0, 0.1) is 0 Å². The molecule has 0 radical (unpaired) electrons. The summed E-state index contributed by atoms with van der Waals surface area (Å²) in [6.07, 6.45) is 3.15. The van der Waals surface area contributed by atoms with Crippen molar-refractivity contribution in [2.75, 3.05) is 14.1 Å². The number of ketones is 1. The van der Waals surface area contributed by atoms with Crippen molar-refractivity contribution in [2.24, 2.45) is 0 Å². The highest BCUT2D eigenvalue weighted by atomic mass is 35.5. The number of rotatable bonds is 3. The van der Waals surface area contributed by atoms with E-state index in [1.165, 1.54) is 17.4 Å². The molecule has 0 aromatic carbocycles. The van der Waals surface area contributed by atoms with Crippen LogP contribution >= 0.6 is 22.9 Å². The Labute approximate surface area is 85.7 Å². The Morgan fingerprint density at radius 1 is 1.69 bits per heavy atom. The second-order valence-corrected chi connectivity index (χ2v) is 3.83. The van der Waals surface area contributed by atoms with Crippen molar-refractivity contribution < 1.29 is 4.79 Å². The summed E-state index contributed by atoms with van der Waals surface area (Å²) in [5.41, 5.74) is 1.55. The molecule has 0 N–H and O–H groups in total. The average Bonchev–Trinajstić information content (AvgIpc) is 2.47. The van der Waals surface area contributed by atoms with Crippen molar-refractivity contribution in [1.82, 2.24) is 9.88 Å². The molecule has 70 valence electrons. The highest BCUT2D eigenvalue weighted by Gasteiger charge is 2.09. The summed E-state index contributed by atoms with van der Waals surface area (Å²) in [7, 11) is 3.69. The van der Waals surface area contributed by atoms with Gasteiger partial charge in [0.1, 0.15) is 4.88 Å². The first-order valence-electron chi connectivity index (χ1n) is 3.59. The normalized spacial score (nSPS) is 10.7. The third kappa shape index (κ3) is 2.82. The lowest BCUT2D eigenvalue weighted by atomic mass is 10.3. The van der Waals surface area contributed by atoms with E-state index in [4.69, 9.17) is 11.6 Å². The van der Waals surface area contributed by atoms with E-state index in [-0.39, 0.29) is 10.9 Å². The first-order valence-corrected chi connectivity index (χ1v) is 4.85. The first-order chi connectivity index (χ1) is 6.11. The molecule has 0 unspecified atom stereocenters. The SMILES string of the molecule is CN(C)/C=C/C(=O)c1scnc1Cl. The summed E-state index contributed by atoms with van der Waals surface area (Å²) in [5.74, 6) is -0.110. The fourth-order valence-electron chi connectivity index (χ4n) is 0.685. The molecule has 0 bridgehead atoms. The van der Waals surface area contributed by atoms with Crippen molar-refractivity contribution in [3.63, 3.8) is 0 Å². The van der Waals surface area contributed by atoms with E-state index < -0.39 is 0 Å². The van der Waals surface area contributed by atoms with Crippen LogP contribution in [0.4, 0.5) is 0 Å². The zero-order valence-electron chi connectivity index (χ0n) is 7.32. The van der Waals surface area contributed by atoms with Crippen LogP contribution in [0.25, 0.3) is 0 Å². The smallest absolute Gasteiger partial charge is 0.200 e. The second kappa shape index (κ2) is 4.39. The van der Waals surface area contributed by atoms with Gasteiger partial charge in [0.15, 0.2) is 10.9 Å². The molecule has 0 saturated heterocycles. The molecule has 0 fully saturated rings. The molecule has 5 heteroatoms. The van der Waals surface area contributed by atoms with Gasteiger partial charge >= 0.3 is 0 Å². The van der Waals surface area contributed by atoms with E-state index in [9.17, 15) is 4.79 Å². The van der Waals surface area contributed by atoms with E-state index in [2.05, 4.69) is 4.98 Å². The third-order valence-corrected chi connectivity index (χ3v) is 2.51. The van der Waals surface area contributed by atoms with E-state index in [0.29, 0.717) is 4.88 Å². The molecule has 1 aromatic heterocycles. The summed E-state index contributed by atoms with van der Waals surface area (Å²) in [5, 5.41) is 0.276. The lowest BCUT2D eigenvalue weighted by molar-refractivity contribution is 0.104. The number of thiazole rings is 1. The Morgan fingerprint density at radius 3 is 2.85 bits per heavy atom. The molecule has 0 aliphatic carbocycles. The van der Waals surface area contributed by atoms with Crippen molar-refractivity contribution >= 4 is 28.7 Å². The lowest BCUT2D eigenvalue weighted by Crippen LogP contribution is -2.02. The fourth-order valence-corrected chi connectivity index (χ4v) is 1.62. The van der Waals surface area contributed by atoms with E-state index in [0.717, 1.165) is 0 Å². The molecular weight excluding hydrogens is 208 g/mol. The molecule has 1 aromatic rings. The monoisotopic (exact) mass is 216 g/mol. The van der Waals surface area contributed by atoms with Crippen LogP contribution in [-0.2, 0) is 0 Å². The van der Waals surface area contributed by atoms with Gasteiger partial charge in [0, 0.05) is 26.4 Å². The molecule has 1 heterocycles. The summed E-state index contributed by atoms with van der Waals surface area (Å²) in [6, 6.07) is 0. The standard InChI is InChI=1S/C8H9ClN2OS/c1-11(2)4-3-6(12)7-8(9)10-5-13-7/h3-5H,1-2H3/b4-3+. The average molecular weight is 217 g/mol. The Kier molecular flexibility index (Phi) is 3.45. The van der Waals surface area contributed by atoms with Gasteiger partial charge in [0.25, 0.3) is 0 Å². The van der Waals surface area contributed by atoms with Gasteiger partial charge in [0.2, 0.25) is 0 Å². The Bertz CT molecular complexity index is 333. The van der Waals surface area contributed by atoms with Crippen LogP contribution in [0.1, 0.15) is 9.67 Å². The van der Waals surface area contributed by atoms with Crippen LogP contribution < -0.4 is 0 Å². The minimum Gasteiger partial charge on any atom is -0.383 e. The molecule has 3 nitrogen and oxygen atoms in total. The number of carbonyl (C=O) groups is 1. The minimum absolute atomic E-state index is 0.110. The van der Waals surface area contributed by atoms with Gasteiger partial charge in [-0.15, -0.1) is 11.3 Å². The molecule has 0 aliphatic rings. The van der Waals surface area contributed by atoms with Crippen molar-refractivity contribution in [3.05, 3.63) is 27.8 Å². The van der Waals surface area contributed by atoms with Crippen molar-refractivity contribution in [3.8, 4) is 0 Å². The number of halogens is 1. The van der Waals surface area contributed by atoms with Crippen molar-refractivity contribution in [2.45, 2.75) is 0 Å². The van der Waals surface area contributed by atoms with Crippen LogP contribution in [0.5, 0.6) is 0 Å². The summed E-state index contributed by atoms with van der Waals surface area (Å²) < 4.78 is 0. The number of nitrogens with zero attached hydrogens (tertiary/aromatic N) is 2. The number of carbonyl (C=O) groups excluding carboxylic acids is 1. The minimum atomic E-state index is -0.110. The van der Waals surface area contributed by atoms with Gasteiger partial charge in [-0.2, -0.15) is 0 Å². The summed E-state index contributed by atoms with van der Waals surface area (Å²) in [4.78, 5) is 17.5. The number of hydrogen-bond donors (Lipinski definition) is 0. The Morgan fingerprint density at radius 2 is 2.38 bits per heavy atom. The largest absolute Gasteiger partial charge is 0.383 e. The van der Waals surface area contributed by atoms with Gasteiger partial charge in [-0.1, -0.05) is 11.6 Å². The quantitative estimate of drug-likeness (QED) is 0.573. The van der Waals surface area contributed by atoms with Gasteiger partial charge < -0.3 is 4.90 Å². The molecule has 0 aliphatic heterocycles. The van der Waals surface area contributed by atoms with Crippen LogP contribution in [0.3, 0.4) is 0 Å². The number of hydrogen-bond acceptors (Lipinski definition) is 4. The zero-order valence-corrected chi connectivity index (χ0v) is 8.89. The summed E-state index contributed by atoms with van der Waals surface area (Å²) >= 11 is 6.93. The molecule has 1 rings (SSSR count). The molecule has 0 spiro atoms. The van der Waals surface area contributed by atoms with Crippen molar-refractivity contribution in [1.29, 1.82) is 0 Å². The Hall–Kier alpha value is -0.870. The maximum Gasteiger partial charge on any atom is 0.200 e.